The van der Waals surface area contributed by atoms with E-state index in [2.05, 4.69) is 20.9 Å². The first-order chi connectivity index (χ1) is 17.1. The molecule has 8 N–H and O–H groups in total. The molecular formula is C24H35N5O6S. The van der Waals surface area contributed by atoms with Gasteiger partial charge in [0.25, 0.3) is 0 Å². The minimum atomic E-state index is -1.41. The number of benzene rings is 1. The number of nitrogens with one attached hydrogen (secondary N) is 4. The molecule has 1 aromatic heterocycles. The zero-order valence-electron chi connectivity index (χ0n) is 20.6. The van der Waals surface area contributed by atoms with Crippen LogP contribution in [-0.2, 0) is 25.6 Å². The zero-order chi connectivity index (χ0) is 26.8. The second-order valence-electron chi connectivity index (χ2n) is 8.82. The summed E-state index contributed by atoms with van der Waals surface area (Å²) in [4.78, 5) is 53.0. The molecule has 11 nitrogen and oxygen atoms in total. The number of amides is 3. The first-order valence-electron chi connectivity index (χ1n) is 11.6. The van der Waals surface area contributed by atoms with Gasteiger partial charge < -0.3 is 36.9 Å². The number of nitrogens with two attached hydrogens (primary N) is 1. The first-order valence-corrected chi connectivity index (χ1v) is 13.0. The number of fused-ring (bicyclic) bond motifs is 1. The van der Waals surface area contributed by atoms with Crippen LogP contribution in [0.25, 0.3) is 10.9 Å². The van der Waals surface area contributed by atoms with Gasteiger partial charge in [0, 0.05) is 23.5 Å². The topological polar surface area (TPSA) is 187 Å². The standard InChI is InChI=1S/C24H35N5O6S/c1-13(2)20(25)23(33)27-17(8-9-36-3)21(31)29-19(12-30)22(32)28-18(24(34)35)10-14-11-26-16-7-5-4-6-15(14)16/h4-7,11,13,17-20,26,30H,8-10,12,25H2,1-3H3,(H,27,33)(H,28,32)(H,29,31)(H,34,35). The van der Waals surface area contributed by atoms with Gasteiger partial charge in [0.15, 0.2) is 0 Å². The smallest absolute Gasteiger partial charge is 0.326 e. The van der Waals surface area contributed by atoms with Gasteiger partial charge in [-0.2, -0.15) is 11.8 Å². The summed E-state index contributed by atoms with van der Waals surface area (Å²) < 4.78 is 0. The average Bonchev–Trinajstić information content (AvgIpc) is 3.26. The lowest BCUT2D eigenvalue weighted by molar-refractivity contribution is -0.142. The Morgan fingerprint density at radius 1 is 1.00 bits per heavy atom. The number of H-pyrrole nitrogens is 1. The molecule has 1 aromatic carbocycles. The van der Waals surface area contributed by atoms with E-state index in [1.807, 2.05) is 30.5 Å². The van der Waals surface area contributed by atoms with Gasteiger partial charge in [0.2, 0.25) is 17.7 Å². The number of para-hydroxylation sites is 1. The summed E-state index contributed by atoms with van der Waals surface area (Å²) in [6, 6.07) is 2.88. The number of thioether (sulfide) groups is 1. The Morgan fingerprint density at radius 2 is 1.61 bits per heavy atom. The van der Waals surface area contributed by atoms with E-state index in [1.165, 1.54) is 11.8 Å². The largest absolute Gasteiger partial charge is 0.480 e. The van der Waals surface area contributed by atoms with Gasteiger partial charge in [-0.25, -0.2) is 4.79 Å². The second kappa shape index (κ2) is 13.9. The fraction of sp³-hybridized carbons (Fsp3) is 0.500. The predicted molar refractivity (Wildman–Crippen MR) is 138 cm³/mol. The summed E-state index contributed by atoms with van der Waals surface area (Å²) in [7, 11) is 0. The van der Waals surface area contributed by atoms with Crippen molar-refractivity contribution in [3.05, 3.63) is 36.0 Å². The van der Waals surface area contributed by atoms with Crippen LogP contribution in [0.3, 0.4) is 0 Å². The van der Waals surface area contributed by atoms with Gasteiger partial charge >= 0.3 is 5.97 Å². The summed E-state index contributed by atoms with van der Waals surface area (Å²) in [5.74, 6) is -2.88. The molecule has 36 heavy (non-hydrogen) atoms. The SMILES string of the molecule is CSCCC(NC(=O)C(N)C(C)C)C(=O)NC(CO)C(=O)NC(Cc1c[nH]c2ccccc12)C(=O)O. The van der Waals surface area contributed by atoms with Crippen molar-refractivity contribution >= 4 is 46.4 Å². The molecule has 0 aliphatic carbocycles. The Bertz CT molecular complexity index is 1060. The molecule has 0 aliphatic rings. The quantitative estimate of drug-likeness (QED) is 0.181. The van der Waals surface area contributed by atoms with Crippen LogP contribution in [-0.4, -0.2) is 81.7 Å². The van der Waals surface area contributed by atoms with Crippen LogP contribution in [0.4, 0.5) is 0 Å². The molecule has 0 saturated carbocycles. The van der Waals surface area contributed by atoms with E-state index >= 15 is 0 Å². The number of aliphatic hydroxyl groups is 1. The Hall–Kier alpha value is -3.09. The molecule has 0 saturated heterocycles. The summed E-state index contributed by atoms with van der Waals surface area (Å²) in [6.07, 6.45) is 3.80. The molecule has 1 heterocycles. The van der Waals surface area contributed by atoms with E-state index in [1.54, 1.807) is 20.0 Å². The van der Waals surface area contributed by atoms with E-state index in [0.29, 0.717) is 11.3 Å². The Balaban J connectivity index is 2.09. The zero-order valence-corrected chi connectivity index (χ0v) is 21.4. The fourth-order valence-corrected chi connectivity index (χ4v) is 4.01. The molecule has 198 valence electrons. The highest BCUT2D eigenvalue weighted by Crippen LogP contribution is 2.19. The van der Waals surface area contributed by atoms with E-state index in [0.717, 1.165) is 10.9 Å². The molecule has 0 fully saturated rings. The number of carboxylic acids is 1. The number of rotatable bonds is 14. The van der Waals surface area contributed by atoms with Crippen LogP contribution in [0.5, 0.6) is 0 Å². The van der Waals surface area contributed by atoms with Gasteiger partial charge in [-0.15, -0.1) is 0 Å². The van der Waals surface area contributed by atoms with Crippen molar-refractivity contribution in [2.75, 3.05) is 18.6 Å². The molecule has 0 aliphatic heterocycles. The number of hydrogen-bond donors (Lipinski definition) is 7. The number of hydrogen-bond acceptors (Lipinski definition) is 7. The molecule has 2 aromatic rings. The van der Waals surface area contributed by atoms with Crippen LogP contribution in [0, 0.1) is 5.92 Å². The van der Waals surface area contributed by atoms with Crippen LogP contribution >= 0.6 is 11.8 Å². The normalized spacial score (nSPS) is 14.6. The highest BCUT2D eigenvalue weighted by Gasteiger charge is 2.30. The third-order valence-corrected chi connectivity index (χ3v) is 6.44. The lowest BCUT2D eigenvalue weighted by atomic mass is 10.0. The number of aliphatic hydroxyl groups excluding tert-OH is 1. The van der Waals surface area contributed by atoms with Gasteiger partial charge in [0.1, 0.15) is 18.1 Å². The van der Waals surface area contributed by atoms with Gasteiger partial charge in [-0.05, 0) is 36.0 Å². The lowest BCUT2D eigenvalue weighted by Gasteiger charge is -2.25. The summed E-state index contributed by atoms with van der Waals surface area (Å²) in [6.45, 7) is 2.80. The van der Waals surface area contributed by atoms with Crippen molar-refractivity contribution < 1.29 is 29.4 Å². The van der Waals surface area contributed by atoms with Crippen molar-refractivity contribution in [1.82, 2.24) is 20.9 Å². The maximum Gasteiger partial charge on any atom is 0.326 e. The van der Waals surface area contributed by atoms with Gasteiger partial charge in [-0.3, -0.25) is 14.4 Å². The van der Waals surface area contributed by atoms with Crippen molar-refractivity contribution in [1.29, 1.82) is 0 Å². The molecule has 2 rings (SSSR count). The number of aromatic nitrogens is 1. The van der Waals surface area contributed by atoms with E-state index in [-0.39, 0.29) is 18.8 Å². The predicted octanol–water partition coefficient (Wildman–Crippen LogP) is -0.0219. The minimum absolute atomic E-state index is 0.00330. The molecule has 4 atom stereocenters. The van der Waals surface area contributed by atoms with E-state index in [9.17, 15) is 29.4 Å². The van der Waals surface area contributed by atoms with Crippen LogP contribution in [0.2, 0.25) is 0 Å². The van der Waals surface area contributed by atoms with E-state index < -0.39 is 54.5 Å². The monoisotopic (exact) mass is 521 g/mol. The summed E-state index contributed by atoms with van der Waals surface area (Å²) >= 11 is 1.47. The number of carboxylic acid groups (broad SMARTS) is 1. The highest BCUT2D eigenvalue weighted by molar-refractivity contribution is 7.98. The van der Waals surface area contributed by atoms with Crippen LogP contribution in [0.1, 0.15) is 25.8 Å². The maximum atomic E-state index is 12.9. The molecule has 12 heteroatoms. The number of aromatic amines is 1. The fourth-order valence-electron chi connectivity index (χ4n) is 3.53. The molecule has 3 amide bonds. The summed E-state index contributed by atoms with van der Waals surface area (Å²) in [5, 5.41) is 27.7. The molecule has 4 unspecified atom stereocenters. The second-order valence-corrected chi connectivity index (χ2v) is 9.80. The van der Waals surface area contributed by atoms with Crippen molar-refractivity contribution in [2.24, 2.45) is 11.7 Å². The molecule has 0 spiro atoms. The summed E-state index contributed by atoms with van der Waals surface area (Å²) in [5.41, 5.74) is 7.41. The van der Waals surface area contributed by atoms with Gasteiger partial charge in [-0.1, -0.05) is 32.0 Å². The van der Waals surface area contributed by atoms with Crippen molar-refractivity contribution in [3.8, 4) is 0 Å². The number of carbonyl (C=O) groups is 4. The Kier molecular flexibility index (Phi) is 11.2. The van der Waals surface area contributed by atoms with Crippen LogP contribution in [0.15, 0.2) is 30.5 Å². The molecule has 0 radical (unpaired) electrons. The van der Waals surface area contributed by atoms with Crippen molar-refractivity contribution in [3.63, 3.8) is 0 Å². The van der Waals surface area contributed by atoms with Gasteiger partial charge in [0.05, 0.1) is 12.6 Å². The molecular weight excluding hydrogens is 486 g/mol. The van der Waals surface area contributed by atoms with E-state index in [4.69, 9.17) is 5.73 Å². The number of aliphatic carboxylic acids is 1. The third-order valence-electron chi connectivity index (χ3n) is 5.79. The maximum absolute atomic E-state index is 12.9. The van der Waals surface area contributed by atoms with Crippen molar-refractivity contribution in [2.45, 2.75) is 50.9 Å². The number of carbonyl (C=O) groups excluding carboxylic acids is 3. The third kappa shape index (κ3) is 7.97. The first kappa shape index (κ1) is 29.1. The highest BCUT2D eigenvalue weighted by atomic mass is 32.2. The average molecular weight is 522 g/mol. The van der Waals surface area contributed by atoms with Crippen LogP contribution < -0.4 is 21.7 Å². The lowest BCUT2D eigenvalue weighted by Crippen LogP contribution is -2.58. The Labute approximate surface area is 214 Å². The minimum Gasteiger partial charge on any atom is -0.480 e. The Morgan fingerprint density at radius 3 is 2.22 bits per heavy atom. The molecule has 0 bridgehead atoms.